The van der Waals surface area contributed by atoms with E-state index in [1.807, 2.05) is 36.4 Å². The normalized spacial score (nSPS) is 15.4. The van der Waals surface area contributed by atoms with Crippen molar-refractivity contribution in [1.29, 1.82) is 0 Å². The summed E-state index contributed by atoms with van der Waals surface area (Å²) in [6, 6.07) is 15.9. The summed E-state index contributed by atoms with van der Waals surface area (Å²) in [5.74, 6) is 0.597. The number of carbonyl (C=O) groups is 1. The lowest BCUT2D eigenvalue weighted by Crippen LogP contribution is -2.39. The van der Waals surface area contributed by atoms with Gasteiger partial charge < -0.3 is 9.64 Å². The van der Waals surface area contributed by atoms with Gasteiger partial charge >= 0.3 is 5.97 Å². The number of para-hydroxylation sites is 1. The first kappa shape index (κ1) is 19.3. The fourth-order valence-corrected chi connectivity index (χ4v) is 3.75. The summed E-state index contributed by atoms with van der Waals surface area (Å²) in [7, 11) is 1.40. The molecule has 7 heteroatoms. The number of esters is 1. The van der Waals surface area contributed by atoms with Gasteiger partial charge in [0.25, 0.3) is 0 Å². The Hall–Kier alpha value is -2.99. The van der Waals surface area contributed by atoms with Crippen LogP contribution in [-0.4, -0.2) is 43.4 Å². The SMILES string of the molecule is COC(=O)CCCC1=NN=C2CN=C(c3ccccc3Cl)c3ccccc3N2C1. The molecule has 0 amide bonds. The molecule has 0 radical (unpaired) electrons. The van der Waals surface area contributed by atoms with Crippen LogP contribution in [0.2, 0.25) is 5.02 Å². The van der Waals surface area contributed by atoms with Crippen LogP contribution in [0.25, 0.3) is 0 Å². The topological polar surface area (TPSA) is 66.6 Å². The minimum atomic E-state index is -0.205. The molecule has 0 bridgehead atoms. The number of aliphatic imine (C=N–C) groups is 1. The molecular weight excluding hydrogens is 388 g/mol. The molecule has 0 aliphatic carbocycles. The first-order chi connectivity index (χ1) is 14.2. The highest BCUT2D eigenvalue weighted by molar-refractivity contribution is 6.36. The van der Waals surface area contributed by atoms with E-state index in [9.17, 15) is 4.79 Å². The van der Waals surface area contributed by atoms with E-state index >= 15 is 0 Å². The number of ether oxygens (including phenoxy) is 1. The van der Waals surface area contributed by atoms with E-state index in [0.717, 1.165) is 34.1 Å². The van der Waals surface area contributed by atoms with E-state index < -0.39 is 0 Å². The number of rotatable bonds is 5. The van der Waals surface area contributed by atoms with Gasteiger partial charge in [0.2, 0.25) is 0 Å². The lowest BCUT2D eigenvalue weighted by molar-refractivity contribution is -0.140. The number of fused-ring (bicyclic) bond motifs is 3. The molecule has 6 nitrogen and oxygen atoms in total. The van der Waals surface area contributed by atoms with E-state index in [2.05, 4.69) is 27.2 Å². The number of carbonyl (C=O) groups excluding carboxylic acids is 1. The van der Waals surface area contributed by atoms with E-state index in [0.29, 0.717) is 37.4 Å². The van der Waals surface area contributed by atoms with Gasteiger partial charge in [-0.3, -0.25) is 9.79 Å². The van der Waals surface area contributed by atoms with Crippen LogP contribution in [0, 0.1) is 0 Å². The van der Waals surface area contributed by atoms with E-state index in [4.69, 9.17) is 21.3 Å². The Balaban J connectivity index is 1.64. The minimum Gasteiger partial charge on any atom is -0.469 e. The number of benzene rings is 2. The largest absolute Gasteiger partial charge is 0.469 e. The molecule has 2 aromatic rings. The summed E-state index contributed by atoms with van der Waals surface area (Å²) in [4.78, 5) is 18.3. The summed E-state index contributed by atoms with van der Waals surface area (Å²) in [5, 5.41) is 9.49. The van der Waals surface area contributed by atoms with Crippen LogP contribution in [0.1, 0.15) is 30.4 Å². The van der Waals surface area contributed by atoms with Crippen LogP contribution >= 0.6 is 11.6 Å². The number of anilines is 1. The molecule has 2 heterocycles. The van der Waals surface area contributed by atoms with Gasteiger partial charge in [-0.15, -0.1) is 5.10 Å². The number of hydrogen-bond donors (Lipinski definition) is 0. The third-order valence-corrected chi connectivity index (χ3v) is 5.32. The molecule has 29 heavy (non-hydrogen) atoms. The number of methoxy groups -OCH3 is 1. The second-order valence-corrected chi connectivity index (χ2v) is 7.27. The zero-order chi connectivity index (χ0) is 20.2. The molecule has 2 aliphatic rings. The van der Waals surface area contributed by atoms with Crippen LogP contribution in [-0.2, 0) is 9.53 Å². The highest BCUT2D eigenvalue weighted by Crippen LogP contribution is 2.30. The second-order valence-electron chi connectivity index (χ2n) is 6.86. The lowest BCUT2D eigenvalue weighted by atomic mass is 10.00. The smallest absolute Gasteiger partial charge is 0.305 e. The third kappa shape index (κ3) is 4.07. The first-order valence-corrected chi connectivity index (χ1v) is 9.90. The van der Waals surface area contributed by atoms with Crippen molar-refractivity contribution in [2.75, 3.05) is 25.1 Å². The summed E-state index contributed by atoms with van der Waals surface area (Å²) < 4.78 is 4.71. The van der Waals surface area contributed by atoms with Crippen LogP contribution < -0.4 is 4.90 Å². The molecule has 0 unspecified atom stereocenters. The molecule has 148 valence electrons. The molecule has 0 N–H and O–H groups in total. The molecule has 2 aromatic carbocycles. The molecule has 0 saturated carbocycles. The maximum atomic E-state index is 11.4. The van der Waals surface area contributed by atoms with E-state index in [1.54, 1.807) is 0 Å². The van der Waals surface area contributed by atoms with Gasteiger partial charge in [0.05, 0.1) is 37.3 Å². The fraction of sp³-hybridized carbons (Fsp3) is 0.273. The predicted octanol–water partition coefficient (Wildman–Crippen LogP) is 4.11. The Morgan fingerprint density at radius 3 is 2.66 bits per heavy atom. The average Bonchev–Trinajstić information content (AvgIpc) is 2.91. The van der Waals surface area contributed by atoms with Gasteiger partial charge in [-0.2, -0.15) is 5.10 Å². The van der Waals surface area contributed by atoms with E-state index in [1.165, 1.54) is 7.11 Å². The summed E-state index contributed by atoms with van der Waals surface area (Å²) in [6.07, 6.45) is 1.76. The van der Waals surface area contributed by atoms with Gasteiger partial charge in [-0.1, -0.05) is 48.0 Å². The van der Waals surface area contributed by atoms with Crippen molar-refractivity contribution in [1.82, 2.24) is 0 Å². The minimum absolute atomic E-state index is 0.205. The predicted molar refractivity (Wildman–Crippen MR) is 116 cm³/mol. The van der Waals surface area contributed by atoms with Gasteiger partial charge in [0.15, 0.2) is 5.84 Å². The maximum Gasteiger partial charge on any atom is 0.305 e. The number of amidine groups is 1. The first-order valence-electron chi connectivity index (χ1n) is 9.52. The van der Waals surface area contributed by atoms with Crippen molar-refractivity contribution in [2.24, 2.45) is 15.2 Å². The van der Waals surface area contributed by atoms with Crippen molar-refractivity contribution in [2.45, 2.75) is 19.3 Å². The lowest BCUT2D eigenvalue weighted by Gasteiger charge is -2.28. The van der Waals surface area contributed by atoms with Crippen molar-refractivity contribution in [3.05, 3.63) is 64.7 Å². The van der Waals surface area contributed by atoms with Crippen molar-refractivity contribution < 1.29 is 9.53 Å². The second kappa shape index (κ2) is 8.57. The van der Waals surface area contributed by atoms with E-state index in [-0.39, 0.29) is 5.97 Å². The zero-order valence-electron chi connectivity index (χ0n) is 16.1. The molecule has 0 aromatic heterocycles. The summed E-state index contributed by atoms with van der Waals surface area (Å²) >= 11 is 6.46. The Morgan fingerprint density at radius 2 is 1.86 bits per heavy atom. The van der Waals surface area contributed by atoms with Crippen molar-refractivity contribution >= 4 is 40.5 Å². The highest BCUT2D eigenvalue weighted by Gasteiger charge is 2.27. The van der Waals surface area contributed by atoms with Crippen LogP contribution in [0.3, 0.4) is 0 Å². The molecule has 4 rings (SSSR count). The zero-order valence-corrected chi connectivity index (χ0v) is 16.9. The van der Waals surface area contributed by atoms with Crippen molar-refractivity contribution in [3.8, 4) is 0 Å². The van der Waals surface area contributed by atoms with Gasteiger partial charge in [-0.05, 0) is 25.0 Å². The summed E-state index contributed by atoms with van der Waals surface area (Å²) in [5.41, 5.74) is 4.75. The van der Waals surface area contributed by atoms with Crippen LogP contribution in [0.15, 0.2) is 63.7 Å². The average molecular weight is 409 g/mol. The fourth-order valence-electron chi connectivity index (χ4n) is 3.52. The highest BCUT2D eigenvalue weighted by atomic mass is 35.5. The molecule has 0 atom stereocenters. The van der Waals surface area contributed by atoms with Gasteiger partial charge in [0.1, 0.15) is 0 Å². The number of halogens is 1. The Kier molecular flexibility index (Phi) is 5.71. The van der Waals surface area contributed by atoms with Crippen LogP contribution in [0.4, 0.5) is 5.69 Å². The molecule has 0 saturated heterocycles. The molecule has 0 spiro atoms. The van der Waals surface area contributed by atoms with Crippen LogP contribution in [0.5, 0.6) is 0 Å². The van der Waals surface area contributed by atoms with Crippen molar-refractivity contribution in [3.63, 3.8) is 0 Å². The van der Waals surface area contributed by atoms with Gasteiger partial charge in [-0.25, -0.2) is 0 Å². The molecular formula is C22H21ClN4O2. The monoisotopic (exact) mass is 408 g/mol. The van der Waals surface area contributed by atoms with Gasteiger partial charge in [0, 0.05) is 22.6 Å². The molecule has 2 aliphatic heterocycles. The third-order valence-electron chi connectivity index (χ3n) is 4.99. The molecule has 0 fully saturated rings. The number of hydrogen-bond acceptors (Lipinski definition) is 6. The Bertz CT molecular complexity index is 1030. The summed E-state index contributed by atoms with van der Waals surface area (Å²) in [6.45, 7) is 1.05. The quantitative estimate of drug-likeness (QED) is 0.699. The standard InChI is InChI=1S/C22H21ClN4O2/c1-29-21(28)12-6-7-15-14-27-19-11-5-3-9-17(19)22(24-13-20(27)26-25-15)16-8-2-4-10-18(16)23/h2-5,8-11H,6-7,12-14H2,1H3. The Labute approximate surface area is 174 Å². The Morgan fingerprint density at radius 1 is 1.10 bits per heavy atom. The number of nitrogens with zero attached hydrogens (tertiary/aromatic N) is 4. The maximum absolute atomic E-state index is 11.4.